The van der Waals surface area contributed by atoms with Crippen LogP contribution in [0.2, 0.25) is 0 Å². The van der Waals surface area contributed by atoms with Gasteiger partial charge in [-0.25, -0.2) is 4.79 Å². The van der Waals surface area contributed by atoms with Crippen molar-refractivity contribution in [2.75, 3.05) is 13.2 Å². The van der Waals surface area contributed by atoms with Crippen molar-refractivity contribution < 1.29 is 27.4 Å². The third kappa shape index (κ3) is 6.34. The molecule has 3 aromatic rings. The van der Waals surface area contributed by atoms with E-state index >= 15 is 0 Å². The smallest absolute Gasteiger partial charge is 0.389 e. The fourth-order valence-electron chi connectivity index (χ4n) is 3.27. The Bertz CT molecular complexity index is 1060. The predicted octanol–water partition coefficient (Wildman–Crippen LogP) is 6.81. The lowest BCUT2D eigenvalue weighted by Crippen LogP contribution is -2.25. The largest absolute Gasteiger partial charge is 0.493 e. The van der Waals surface area contributed by atoms with E-state index in [0.29, 0.717) is 5.75 Å². The number of ether oxygens (including phenoxy) is 2. The Morgan fingerprint density at radius 1 is 1.16 bits per heavy atom. The van der Waals surface area contributed by atoms with Crippen LogP contribution < -0.4 is 4.74 Å². The van der Waals surface area contributed by atoms with E-state index in [1.807, 2.05) is 24.3 Å². The van der Waals surface area contributed by atoms with Gasteiger partial charge in [-0.1, -0.05) is 37.8 Å². The van der Waals surface area contributed by atoms with Gasteiger partial charge in [0.1, 0.15) is 5.75 Å². The Labute approximate surface area is 183 Å². The highest BCUT2D eigenvalue weighted by Crippen LogP contribution is 2.37. The number of carbonyl (C=O) groups is 1. The zero-order valence-electron chi connectivity index (χ0n) is 17.1. The summed E-state index contributed by atoms with van der Waals surface area (Å²) in [5.41, 5.74) is 2.44. The molecule has 0 saturated carbocycles. The molecule has 0 spiro atoms. The summed E-state index contributed by atoms with van der Waals surface area (Å²) in [4.78, 5) is 12.3. The number of alkyl halides is 3. The summed E-state index contributed by atoms with van der Waals surface area (Å²) in [6.07, 6.45) is -3.63. The van der Waals surface area contributed by atoms with E-state index < -0.39 is 24.5 Å². The van der Waals surface area contributed by atoms with Crippen molar-refractivity contribution in [3.05, 3.63) is 66.7 Å². The van der Waals surface area contributed by atoms with Crippen molar-refractivity contribution >= 4 is 27.4 Å². The number of carbonyl (C=O) groups excluding carboxylic acids is 1. The SMILES string of the molecule is C=CC(=O)OCC(COc1ccc2cc(-c3ccccc3CC)sc2c1)CC(F)(F)F. The minimum atomic E-state index is -4.38. The minimum absolute atomic E-state index is 0.216. The van der Waals surface area contributed by atoms with Gasteiger partial charge >= 0.3 is 12.1 Å². The van der Waals surface area contributed by atoms with Crippen molar-refractivity contribution in [3.63, 3.8) is 0 Å². The fraction of sp³-hybridized carbons (Fsp3) is 0.292. The van der Waals surface area contributed by atoms with Gasteiger partial charge in [0.05, 0.1) is 19.6 Å². The van der Waals surface area contributed by atoms with Gasteiger partial charge in [0.15, 0.2) is 0 Å². The Kier molecular flexibility index (Phi) is 7.38. The number of halogens is 3. The van der Waals surface area contributed by atoms with Gasteiger partial charge in [-0.05, 0) is 47.2 Å². The van der Waals surface area contributed by atoms with E-state index in [-0.39, 0.29) is 13.2 Å². The van der Waals surface area contributed by atoms with Crippen LogP contribution in [-0.2, 0) is 16.0 Å². The molecule has 0 aliphatic rings. The van der Waals surface area contributed by atoms with Crippen LogP contribution >= 0.6 is 11.3 Å². The molecule has 0 radical (unpaired) electrons. The minimum Gasteiger partial charge on any atom is -0.493 e. The van der Waals surface area contributed by atoms with Gasteiger partial charge < -0.3 is 9.47 Å². The lowest BCUT2D eigenvalue weighted by molar-refractivity contribution is -0.157. The zero-order valence-corrected chi connectivity index (χ0v) is 17.9. The molecule has 7 heteroatoms. The third-order valence-electron chi connectivity index (χ3n) is 4.79. The van der Waals surface area contributed by atoms with Crippen molar-refractivity contribution in [1.82, 2.24) is 0 Å². The zero-order chi connectivity index (χ0) is 22.4. The Hall–Kier alpha value is -2.80. The molecule has 31 heavy (non-hydrogen) atoms. The molecule has 164 valence electrons. The van der Waals surface area contributed by atoms with Crippen LogP contribution in [0.1, 0.15) is 18.9 Å². The lowest BCUT2D eigenvalue weighted by atomic mass is 10.0. The molecule has 1 unspecified atom stereocenters. The summed E-state index contributed by atoms with van der Waals surface area (Å²) in [7, 11) is 0. The molecule has 2 aromatic carbocycles. The van der Waals surface area contributed by atoms with E-state index in [1.165, 1.54) is 11.1 Å². The number of benzene rings is 2. The van der Waals surface area contributed by atoms with E-state index in [1.54, 1.807) is 17.4 Å². The Balaban J connectivity index is 1.74. The molecule has 0 N–H and O–H groups in total. The van der Waals surface area contributed by atoms with Crippen molar-refractivity contribution in [2.24, 2.45) is 5.92 Å². The molecule has 0 bridgehead atoms. The molecule has 1 heterocycles. The lowest BCUT2D eigenvalue weighted by Gasteiger charge is -2.19. The average molecular weight is 449 g/mol. The van der Waals surface area contributed by atoms with Crippen LogP contribution in [0.25, 0.3) is 20.5 Å². The van der Waals surface area contributed by atoms with Gasteiger partial charge in [-0.15, -0.1) is 11.3 Å². The summed E-state index contributed by atoms with van der Waals surface area (Å²) < 4.78 is 50.0. The average Bonchev–Trinajstić information content (AvgIpc) is 3.17. The van der Waals surface area contributed by atoms with Gasteiger partial charge in [0, 0.05) is 21.6 Å². The molecule has 1 atom stereocenters. The Morgan fingerprint density at radius 2 is 1.94 bits per heavy atom. The van der Waals surface area contributed by atoms with Crippen LogP contribution in [-0.4, -0.2) is 25.4 Å². The van der Waals surface area contributed by atoms with Crippen LogP contribution in [0.15, 0.2) is 61.2 Å². The monoisotopic (exact) mass is 448 g/mol. The highest BCUT2D eigenvalue weighted by Gasteiger charge is 2.33. The topological polar surface area (TPSA) is 35.5 Å². The molecule has 0 aliphatic carbocycles. The first-order valence-electron chi connectivity index (χ1n) is 9.89. The maximum atomic E-state index is 12.9. The number of thiophene rings is 1. The molecule has 3 rings (SSSR count). The second-order valence-electron chi connectivity index (χ2n) is 7.15. The molecular formula is C24H23F3O3S. The second-order valence-corrected chi connectivity index (χ2v) is 8.24. The van der Waals surface area contributed by atoms with Gasteiger partial charge in [0.25, 0.3) is 0 Å². The van der Waals surface area contributed by atoms with E-state index in [0.717, 1.165) is 27.5 Å². The fourth-order valence-corrected chi connectivity index (χ4v) is 4.42. The third-order valence-corrected chi connectivity index (χ3v) is 5.92. The van der Waals surface area contributed by atoms with Gasteiger partial charge in [-0.2, -0.15) is 13.2 Å². The maximum absolute atomic E-state index is 12.9. The number of hydrogen-bond donors (Lipinski definition) is 0. The van der Waals surface area contributed by atoms with E-state index in [9.17, 15) is 18.0 Å². The standard InChI is InChI=1S/C24H23F3O3S/c1-3-17-7-5-6-8-20(17)22-11-18-9-10-19(12-21(18)31-22)29-14-16(13-24(25,26)27)15-30-23(28)4-2/h4-12,16H,2-3,13-15H2,1H3. The first-order chi connectivity index (χ1) is 14.8. The van der Waals surface area contributed by atoms with Crippen molar-refractivity contribution in [2.45, 2.75) is 25.9 Å². The molecule has 3 nitrogen and oxygen atoms in total. The number of aryl methyl sites for hydroxylation is 1. The normalized spacial score (nSPS) is 12.5. The molecular weight excluding hydrogens is 425 g/mol. The highest BCUT2D eigenvalue weighted by molar-refractivity contribution is 7.22. The summed E-state index contributed by atoms with van der Waals surface area (Å²) in [5.74, 6) is -1.28. The second kappa shape index (κ2) is 10.0. The van der Waals surface area contributed by atoms with Gasteiger partial charge in [-0.3, -0.25) is 0 Å². The number of esters is 1. The van der Waals surface area contributed by atoms with Crippen LogP contribution in [0.4, 0.5) is 13.2 Å². The van der Waals surface area contributed by atoms with Crippen molar-refractivity contribution in [3.8, 4) is 16.2 Å². The summed E-state index contributed by atoms with van der Waals surface area (Å²) >= 11 is 1.62. The van der Waals surface area contributed by atoms with E-state index in [4.69, 9.17) is 9.47 Å². The van der Waals surface area contributed by atoms with E-state index in [2.05, 4.69) is 31.7 Å². The summed E-state index contributed by atoms with van der Waals surface area (Å²) in [5, 5.41) is 1.05. The summed E-state index contributed by atoms with van der Waals surface area (Å²) in [6.45, 7) is 4.76. The molecule has 0 aliphatic heterocycles. The van der Waals surface area contributed by atoms with Gasteiger partial charge in [0.2, 0.25) is 0 Å². The number of rotatable bonds is 9. The van der Waals surface area contributed by atoms with Crippen LogP contribution in [0.5, 0.6) is 5.75 Å². The van der Waals surface area contributed by atoms with Crippen LogP contribution in [0, 0.1) is 5.92 Å². The highest BCUT2D eigenvalue weighted by atomic mass is 32.1. The van der Waals surface area contributed by atoms with Crippen LogP contribution in [0.3, 0.4) is 0 Å². The number of fused-ring (bicyclic) bond motifs is 1. The first-order valence-corrected chi connectivity index (χ1v) is 10.7. The predicted molar refractivity (Wildman–Crippen MR) is 117 cm³/mol. The number of hydrogen-bond acceptors (Lipinski definition) is 4. The maximum Gasteiger partial charge on any atom is 0.389 e. The quantitative estimate of drug-likeness (QED) is 0.267. The Morgan fingerprint density at radius 3 is 2.65 bits per heavy atom. The molecule has 1 aromatic heterocycles. The molecule has 0 fully saturated rings. The molecule has 0 saturated heterocycles. The summed E-state index contributed by atoms with van der Waals surface area (Å²) in [6, 6.07) is 15.8. The molecule has 0 amide bonds. The first kappa shape index (κ1) is 22.9. The van der Waals surface area contributed by atoms with Crippen molar-refractivity contribution in [1.29, 1.82) is 0 Å².